The number of thioether (sulfide) groups is 1. The number of hydrogen-bond acceptors (Lipinski definition) is 4. The van der Waals surface area contributed by atoms with Crippen molar-refractivity contribution in [3.8, 4) is 0 Å². The van der Waals surface area contributed by atoms with Gasteiger partial charge >= 0.3 is 8.56 Å². The molecule has 1 N–H and O–H groups in total. The van der Waals surface area contributed by atoms with E-state index in [9.17, 15) is 0 Å². The Balaban J connectivity index is 3.07. The molecule has 7 heteroatoms. The van der Waals surface area contributed by atoms with E-state index in [-0.39, 0.29) is 6.61 Å². The van der Waals surface area contributed by atoms with Crippen LogP contribution in [0, 0.1) is 5.92 Å². The summed E-state index contributed by atoms with van der Waals surface area (Å²) in [6.45, 7) is 18.9. The second-order valence-electron chi connectivity index (χ2n) is 10.2. The lowest BCUT2D eigenvalue weighted by atomic mass is 9.98. The highest BCUT2D eigenvalue weighted by molar-refractivity contribution is 7.99. The summed E-state index contributed by atoms with van der Waals surface area (Å²) in [7, 11) is -6.06. The van der Waals surface area contributed by atoms with E-state index >= 15 is 0 Å². The molecule has 1 aromatic rings. The monoisotopic (exact) mass is 486 g/mol. The molecule has 0 saturated heterocycles. The number of aliphatic hydroxyl groups is 1. The molecule has 0 heterocycles. The second kappa shape index (κ2) is 13.0. The maximum atomic E-state index is 9.05. The molecule has 0 fully saturated rings. The van der Waals surface area contributed by atoms with Crippen LogP contribution in [0.2, 0.25) is 45.3 Å². The fraction of sp³-hybridized carbons (Fsp3) is 0.739. The maximum absolute atomic E-state index is 9.05. The molecule has 0 saturated carbocycles. The zero-order valence-corrected chi connectivity index (χ0v) is 24.5. The summed E-state index contributed by atoms with van der Waals surface area (Å²) in [5.41, 5.74) is 1.91. The quantitative estimate of drug-likeness (QED) is 0.214. The Hall–Kier alpha value is 0.101. The summed E-state index contributed by atoms with van der Waals surface area (Å²) in [5.74, 6) is 2.75. The van der Waals surface area contributed by atoms with Crippen molar-refractivity contribution in [1.29, 1.82) is 0 Å². The lowest BCUT2D eigenvalue weighted by molar-refractivity contribution is 0.296. The average molecular weight is 487 g/mol. The SMILES string of the molecule is CCC(C)CC(c1ccccc1)[Si](C)(C)O[Si](C)(CCSCCCO)O[Si](C)(C)C. The molecule has 30 heavy (non-hydrogen) atoms. The zero-order valence-electron chi connectivity index (χ0n) is 20.7. The first-order valence-electron chi connectivity index (χ1n) is 11.6. The van der Waals surface area contributed by atoms with Crippen LogP contribution in [0.25, 0.3) is 0 Å². The first kappa shape index (κ1) is 28.1. The van der Waals surface area contributed by atoms with Crippen LogP contribution >= 0.6 is 11.8 Å². The molecule has 0 bridgehead atoms. The third-order valence-electron chi connectivity index (χ3n) is 5.52. The van der Waals surface area contributed by atoms with Gasteiger partial charge in [0.1, 0.15) is 0 Å². The highest BCUT2D eigenvalue weighted by Gasteiger charge is 2.45. The van der Waals surface area contributed by atoms with E-state index in [1.807, 2.05) is 11.8 Å². The summed E-state index contributed by atoms with van der Waals surface area (Å²) in [6.07, 6.45) is 3.25. The molecule has 1 aromatic carbocycles. The molecule has 0 amide bonds. The Kier molecular flexibility index (Phi) is 12.2. The minimum absolute atomic E-state index is 0.276. The largest absolute Gasteiger partial charge is 0.437 e. The van der Waals surface area contributed by atoms with Gasteiger partial charge in [-0.25, -0.2) is 0 Å². The Bertz CT molecular complexity index is 595. The van der Waals surface area contributed by atoms with Crippen LogP contribution in [0.15, 0.2) is 30.3 Å². The fourth-order valence-electron chi connectivity index (χ4n) is 4.00. The highest BCUT2D eigenvalue weighted by Crippen LogP contribution is 2.38. The van der Waals surface area contributed by atoms with Crippen molar-refractivity contribution in [2.24, 2.45) is 5.92 Å². The number of benzene rings is 1. The van der Waals surface area contributed by atoms with Gasteiger partial charge in [0.2, 0.25) is 0 Å². The van der Waals surface area contributed by atoms with Crippen LogP contribution in [0.5, 0.6) is 0 Å². The van der Waals surface area contributed by atoms with Crippen molar-refractivity contribution < 1.29 is 13.3 Å². The van der Waals surface area contributed by atoms with Crippen LogP contribution in [-0.4, -0.2) is 48.4 Å². The molecule has 174 valence electrons. The Morgan fingerprint density at radius 2 is 1.60 bits per heavy atom. The molecule has 1 rings (SSSR count). The summed E-state index contributed by atoms with van der Waals surface area (Å²) in [4.78, 5) is 0. The van der Waals surface area contributed by atoms with Crippen molar-refractivity contribution in [1.82, 2.24) is 0 Å². The van der Waals surface area contributed by atoms with Crippen molar-refractivity contribution in [2.45, 2.75) is 84.0 Å². The van der Waals surface area contributed by atoms with Gasteiger partial charge in [-0.3, -0.25) is 0 Å². The molecular formula is C23H46O3SSi3. The normalized spacial score (nSPS) is 16.8. The average Bonchev–Trinajstić information content (AvgIpc) is 2.64. The number of aliphatic hydroxyl groups excluding tert-OH is 1. The molecule has 0 aliphatic rings. The first-order valence-corrected chi connectivity index (χ1v) is 21.6. The Morgan fingerprint density at radius 1 is 0.967 bits per heavy atom. The lowest BCUT2D eigenvalue weighted by Crippen LogP contribution is -2.56. The van der Waals surface area contributed by atoms with Gasteiger partial charge in [0, 0.05) is 12.1 Å². The summed E-state index contributed by atoms with van der Waals surface area (Å²) >= 11 is 1.92. The third kappa shape index (κ3) is 10.6. The molecule has 0 aliphatic heterocycles. The van der Waals surface area contributed by atoms with Crippen molar-refractivity contribution in [3.63, 3.8) is 0 Å². The van der Waals surface area contributed by atoms with Crippen LogP contribution in [0.3, 0.4) is 0 Å². The molecule has 3 nitrogen and oxygen atoms in total. The van der Waals surface area contributed by atoms with Gasteiger partial charge in [-0.1, -0.05) is 50.6 Å². The summed E-state index contributed by atoms with van der Waals surface area (Å²) in [6, 6.07) is 12.0. The fourth-order valence-corrected chi connectivity index (χ4v) is 20.1. The molecule has 0 aromatic heterocycles. The third-order valence-corrected chi connectivity index (χ3v) is 18.4. The minimum Gasteiger partial charge on any atom is -0.437 e. The van der Waals surface area contributed by atoms with Gasteiger partial charge in [-0.05, 0) is 81.2 Å². The van der Waals surface area contributed by atoms with Gasteiger partial charge in [-0.2, -0.15) is 11.8 Å². The van der Waals surface area contributed by atoms with Crippen molar-refractivity contribution in [2.75, 3.05) is 18.1 Å². The minimum atomic E-state index is -2.30. The van der Waals surface area contributed by atoms with Gasteiger partial charge < -0.3 is 13.3 Å². The van der Waals surface area contributed by atoms with E-state index in [1.165, 1.54) is 18.4 Å². The van der Waals surface area contributed by atoms with E-state index < -0.39 is 25.2 Å². The van der Waals surface area contributed by atoms with Crippen LogP contribution in [0.4, 0.5) is 0 Å². The maximum Gasteiger partial charge on any atom is 0.315 e. The van der Waals surface area contributed by atoms with E-state index in [0.717, 1.165) is 24.0 Å². The summed E-state index contributed by atoms with van der Waals surface area (Å²) in [5, 5.41) is 9.05. The van der Waals surface area contributed by atoms with Gasteiger partial charge in [0.05, 0.1) is 0 Å². The van der Waals surface area contributed by atoms with E-state index in [0.29, 0.717) is 11.5 Å². The van der Waals surface area contributed by atoms with Crippen LogP contribution in [-0.2, 0) is 8.23 Å². The van der Waals surface area contributed by atoms with Gasteiger partial charge in [0.25, 0.3) is 0 Å². The Labute approximate surface area is 193 Å². The van der Waals surface area contributed by atoms with Gasteiger partial charge in [0.15, 0.2) is 16.6 Å². The van der Waals surface area contributed by atoms with Gasteiger partial charge in [-0.15, -0.1) is 0 Å². The predicted octanol–water partition coefficient (Wildman–Crippen LogP) is 7.01. The highest BCUT2D eigenvalue weighted by atomic mass is 32.2. The zero-order chi connectivity index (χ0) is 22.8. The second-order valence-corrected chi connectivity index (χ2v) is 24.0. The summed E-state index contributed by atoms with van der Waals surface area (Å²) < 4.78 is 14.0. The number of rotatable bonds is 15. The Morgan fingerprint density at radius 3 is 2.13 bits per heavy atom. The molecular weight excluding hydrogens is 441 g/mol. The lowest BCUT2D eigenvalue weighted by Gasteiger charge is -2.43. The van der Waals surface area contributed by atoms with E-state index in [1.54, 1.807) is 0 Å². The van der Waals surface area contributed by atoms with E-state index in [4.69, 9.17) is 13.3 Å². The van der Waals surface area contributed by atoms with Crippen molar-refractivity contribution in [3.05, 3.63) is 35.9 Å². The van der Waals surface area contributed by atoms with Crippen LogP contribution < -0.4 is 0 Å². The number of hydrogen-bond donors (Lipinski definition) is 1. The predicted molar refractivity (Wildman–Crippen MR) is 142 cm³/mol. The molecule has 3 atom stereocenters. The smallest absolute Gasteiger partial charge is 0.315 e. The molecule has 3 unspecified atom stereocenters. The van der Waals surface area contributed by atoms with Crippen LogP contribution in [0.1, 0.15) is 44.2 Å². The topological polar surface area (TPSA) is 38.7 Å². The molecule has 0 aliphatic carbocycles. The first-order chi connectivity index (χ1) is 13.9. The van der Waals surface area contributed by atoms with Crippen molar-refractivity contribution >= 4 is 37.0 Å². The standard InChI is InChI=1S/C23H46O3SSi3/c1-9-21(2)20-23(22-14-11-10-12-15-22)29(6,7)26-30(8,25-28(3,4)5)19-18-27-17-13-16-24/h10-12,14-15,21,23-24H,9,13,16-20H2,1-8H3. The molecule has 0 spiro atoms. The van der Waals surface area contributed by atoms with E-state index in [2.05, 4.69) is 83.5 Å². The molecule has 0 radical (unpaired) electrons.